The molecule has 0 atom stereocenters. The second kappa shape index (κ2) is 3.21. The molecule has 0 saturated heterocycles. The molecule has 0 spiro atoms. The fourth-order valence-corrected chi connectivity index (χ4v) is 2.45. The van der Waals surface area contributed by atoms with Crippen molar-refractivity contribution in [3.63, 3.8) is 0 Å². The summed E-state index contributed by atoms with van der Waals surface area (Å²) in [6.07, 6.45) is 4.93. The molecule has 80 valence electrons. The summed E-state index contributed by atoms with van der Waals surface area (Å²) in [7, 11) is 0. The van der Waals surface area contributed by atoms with E-state index in [0.29, 0.717) is 5.02 Å². The highest BCUT2D eigenvalue weighted by Crippen LogP contribution is 2.53. The first-order valence-corrected chi connectivity index (χ1v) is 5.40. The number of furan rings is 1. The van der Waals surface area contributed by atoms with Gasteiger partial charge >= 0.3 is 0 Å². The van der Waals surface area contributed by atoms with Gasteiger partial charge in [-0.3, -0.25) is 0 Å². The van der Waals surface area contributed by atoms with Crippen molar-refractivity contribution in [2.75, 3.05) is 0 Å². The number of hydrogen-bond donors (Lipinski definition) is 0. The van der Waals surface area contributed by atoms with Crippen LogP contribution in [0.25, 0.3) is 11.0 Å². The first-order valence-electron chi connectivity index (χ1n) is 5.02. The van der Waals surface area contributed by atoms with Gasteiger partial charge in [-0.25, -0.2) is 4.79 Å². The summed E-state index contributed by atoms with van der Waals surface area (Å²) in [5.74, 6) is 0. The quantitative estimate of drug-likeness (QED) is 0.589. The molecule has 3 rings (SSSR count). The maximum Gasteiger partial charge on any atom is 0.235 e. The van der Waals surface area contributed by atoms with Crippen LogP contribution in [0, 0.1) is 0 Å². The number of hydrogen-bond acceptors (Lipinski definition) is 3. The van der Waals surface area contributed by atoms with E-state index in [-0.39, 0.29) is 0 Å². The first kappa shape index (κ1) is 9.64. The van der Waals surface area contributed by atoms with Gasteiger partial charge in [0.25, 0.3) is 0 Å². The topological polar surface area (TPSA) is 42.6 Å². The molecule has 1 heterocycles. The third-order valence-corrected chi connectivity index (χ3v) is 3.35. The number of rotatable bonds is 2. The third-order valence-electron chi connectivity index (χ3n) is 3.03. The van der Waals surface area contributed by atoms with E-state index >= 15 is 0 Å². The molecular formula is C12H8ClNO2. The first-order chi connectivity index (χ1) is 7.77. The van der Waals surface area contributed by atoms with Gasteiger partial charge in [-0.2, -0.15) is 4.99 Å². The zero-order valence-corrected chi connectivity index (χ0v) is 9.12. The van der Waals surface area contributed by atoms with Crippen molar-refractivity contribution in [3.8, 4) is 0 Å². The van der Waals surface area contributed by atoms with Crippen LogP contribution in [-0.4, -0.2) is 6.08 Å². The Hall–Kier alpha value is -1.57. The number of carbonyl (C=O) groups excluding carboxylic acids is 1. The number of halogens is 1. The summed E-state index contributed by atoms with van der Waals surface area (Å²) < 4.78 is 5.32. The Morgan fingerprint density at radius 1 is 1.38 bits per heavy atom. The van der Waals surface area contributed by atoms with Crippen molar-refractivity contribution in [3.05, 3.63) is 35.0 Å². The van der Waals surface area contributed by atoms with Gasteiger partial charge < -0.3 is 4.42 Å². The van der Waals surface area contributed by atoms with Crippen LogP contribution in [0.4, 0.5) is 0 Å². The lowest BCUT2D eigenvalue weighted by atomic mass is 10.0. The summed E-state index contributed by atoms with van der Waals surface area (Å²) >= 11 is 6.19. The van der Waals surface area contributed by atoms with E-state index in [0.717, 1.165) is 29.4 Å². The van der Waals surface area contributed by atoms with Gasteiger partial charge in [-0.1, -0.05) is 11.6 Å². The number of nitrogens with zero attached hydrogens (tertiary/aromatic N) is 1. The molecule has 0 N–H and O–H groups in total. The number of fused-ring (bicyclic) bond motifs is 1. The van der Waals surface area contributed by atoms with E-state index in [4.69, 9.17) is 16.0 Å². The average molecular weight is 234 g/mol. The predicted octanol–water partition coefficient (Wildman–Crippen LogP) is 3.41. The third kappa shape index (κ3) is 1.22. The molecule has 1 saturated carbocycles. The van der Waals surface area contributed by atoms with Crippen LogP contribution in [0.1, 0.15) is 18.4 Å². The molecule has 1 fully saturated rings. The van der Waals surface area contributed by atoms with E-state index in [9.17, 15) is 4.79 Å². The predicted molar refractivity (Wildman–Crippen MR) is 60.3 cm³/mol. The molecule has 1 aliphatic carbocycles. The van der Waals surface area contributed by atoms with E-state index in [1.165, 1.54) is 0 Å². The summed E-state index contributed by atoms with van der Waals surface area (Å²) in [4.78, 5) is 14.4. The number of isocyanates is 1. The standard InChI is InChI=1S/C12H8ClNO2/c13-9-1-2-10-8(3-6-16-10)11(9)12(4-5-12)14-7-15/h1-3,6H,4-5H2. The fraction of sp³-hybridized carbons (Fsp3) is 0.250. The van der Waals surface area contributed by atoms with E-state index in [1.54, 1.807) is 18.4 Å². The van der Waals surface area contributed by atoms with Crippen LogP contribution in [0.15, 0.2) is 33.9 Å². The van der Waals surface area contributed by atoms with Gasteiger partial charge in [0, 0.05) is 16.0 Å². The van der Waals surface area contributed by atoms with Crippen molar-refractivity contribution >= 4 is 28.7 Å². The lowest BCUT2D eigenvalue weighted by Gasteiger charge is -2.11. The van der Waals surface area contributed by atoms with Crippen molar-refractivity contribution in [2.24, 2.45) is 4.99 Å². The molecular weight excluding hydrogens is 226 g/mol. The molecule has 0 aliphatic heterocycles. The van der Waals surface area contributed by atoms with E-state index in [1.807, 2.05) is 12.1 Å². The van der Waals surface area contributed by atoms with Crippen LogP contribution in [-0.2, 0) is 10.3 Å². The SMILES string of the molecule is O=C=NC1(c2c(Cl)ccc3occc23)CC1. The summed E-state index contributed by atoms with van der Waals surface area (Å²) in [5, 5.41) is 1.56. The molecule has 4 heteroatoms. The van der Waals surface area contributed by atoms with Gasteiger partial charge in [-0.15, -0.1) is 0 Å². The number of benzene rings is 1. The van der Waals surface area contributed by atoms with Crippen LogP contribution in [0.3, 0.4) is 0 Å². The highest BCUT2D eigenvalue weighted by Gasteiger charge is 2.47. The lowest BCUT2D eigenvalue weighted by Crippen LogP contribution is -2.03. The maximum atomic E-state index is 10.5. The maximum absolute atomic E-state index is 10.5. The highest BCUT2D eigenvalue weighted by atomic mass is 35.5. The normalized spacial score (nSPS) is 17.1. The minimum atomic E-state index is -0.456. The molecule has 3 nitrogen and oxygen atoms in total. The average Bonchev–Trinajstić information content (AvgIpc) is 2.89. The van der Waals surface area contributed by atoms with Crippen LogP contribution in [0.5, 0.6) is 0 Å². The largest absolute Gasteiger partial charge is 0.464 e. The van der Waals surface area contributed by atoms with Crippen molar-refractivity contribution in [1.82, 2.24) is 0 Å². The summed E-state index contributed by atoms with van der Waals surface area (Å²) in [6.45, 7) is 0. The Kier molecular flexibility index (Phi) is 1.93. The monoisotopic (exact) mass is 233 g/mol. The molecule has 1 aliphatic rings. The van der Waals surface area contributed by atoms with E-state index < -0.39 is 5.54 Å². The molecule has 0 bridgehead atoms. The summed E-state index contributed by atoms with van der Waals surface area (Å²) in [5.41, 5.74) is 1.21. The zero-order valence-electron chi connectivity index (χ0n) is 8.37. The lowest BCUT2D eigenvalue weighted by molar-refractivity contribution is 0.556. The van der Waals surface area contributed by atoms with Crippen molar-refractivity contribution < 1.29 is 9.21 Å². The molecule has 0 amide bonds. The Labute approximate surface area is 96.7 Å². The van der Waals surface area contributed by atoms with Crippen LogP contribution < -0.4 is 0 Å². The summed E-state index contributed by atoms with van der Waals surface area (Å²) in [6, 6.07) is 5.46. The van der Waals surface area contributed by atoms with Gasteiger partial charge in [0.05, 0.1) is 6.26 Å². The van der Waals surface area contributed by atoms with Gasteiger partial charge in [-0.05, 0) is 31.0 Å². The van der Waals surface area contributed by atoms with Gasteiger partial charge in [0.1, 0.15) is 11.1 Å². The molecule has 1 aromatic carbocycles. The minimum absolute atomic E-state index is 0.456. The van der Waals surface area contributed by atoms with Crippen LogP contribution >= 0.6 is 11.6 Å². The molecule has 2 aromatic rings. The molecule has 1 aromatic heterocycles. The minimum Gasteiger partial charge on any atom is -0.464 e. The van der Waals surface area contributed by atoms with E-state index in [2.05, 4.69) is 4.99 Å². The fourth-order valence-electron chi connectivity index (χ4n) is 2.11. The van der Waals surface area contributed by atoms with Gasteiger partial charge in [0.15, 0.2) is 0 Å². The highest BCUT2D eigenvalue weighted by molar-refractivity contribution is 6.32. The Morgan fingerprint density at radius 2 is 2.19 bits per heavy atom. The Morgan fingerprint density at radius 3 is 2.88 bits per heavy atom. The second-order valence-electron chi connectivity index (χ2n) is 3.99. The van der Waals surface area contributed by atoms with Crippen molar-refractivity contribution in [2.45, 2.75) is 18.4 Å². The second-order valence-corrected chi connectivity index (χ2v) is 4.40. The Bertz CT molecular complexity index is 607. The molecule has 16 heavy (non-hydrogen) atoms. The van der Waals surface area contributed by atoms with Gasteiger partial charge in [0.2, 0.25) is 6.08 Å². The van der Waals surface area contributed by atoms with Crippen LogP contribution in [0.2, 0.25) is 5.02 Å². The molecule has 0 radical (unpaired) electrons. The van der Waals surface area contributed by atoms with Crippen molar-refractivity contribution in [1.29, 1.82) is 0 Å². The smallest absolute Gasteiger partial charge is 0.235 e. The Balaban J connectivity index is 2.33. The zero-order chi connectivity index (χ0) is 11.2. The molecule has 0 unspecified atom stereocenters. The number of aliphatic imine (C=N–C) groups is 1.